The molecule has 0 rings (SSSR count). The Bertz CT molecular complexity index is 164. The van der Waals surface area contributed by atoms with Crippen LogP contribution in [0.3, 0.4) is 0 Å². The van der Waals surface area contributed by atoms with Gasteiger partial charge in [0.15, 0.2) is 0 Å². The van der Waals surface area contributed by atoms with Crippen LogP contribution in [0.2, 0.25) is 0 Å². The van der Waals surface area contributed by atoms with Crippen LogP contribution in [0.4, 0.5) is 0 Å². The Labute approximate surface area is 77.9 Å². The van der Waals surface area contributed by atoms with E-state index in [0.29, 0.717) is 0 Å². The van der Waals surface area contributed by atoms with E-state index in [1.807, 2.05) is 0 Å². The normalized spacial score (nSPS) is 12.2. The fourth-order valence-electron chi connectivity index (χ4n) is 0.418. The summed E-state index contributed by atoms with van der Waals surface area (Å²) in [4.78, 5) is 20.9. The van der Waals surface area contributed by atoms with Crippen LogP contribution in [0.1, 0.15) is 0 Å². The summed E-state index contributed by atoms with van der Waals surface area (Å²) in [6, 6.07) is -0.900. The van der Waals surface area contributed by atoms with Gasteiger partial charge >= 0.3 is 5.97 Å². The molecule has 1 atom stereocenters. The summed E-state index contributed by atoms with van der Waals surface area (Å²) in [7, 11) is 0. The van der Waals surface area contributed by atoms with Gasteiger partial charge in [0, 0.05) is 5.75 Å². The molecule has 0 aliphatic heterocycles. The number of nitrogens with one attached hydrogen (secondary N) is 1. The van der Waals surface area contributed by atoms with E-state index in [1.54, 1.807) is 0 Å². The zero-order valence-corrected chi connectivity index (χ0v) is 8.06. The number of carboxylic acid groups (broad SMARTS) is 1. The molecule has 0 aromatic carbocycles. The minimum Gasteiger partial charge on any atom is -0.480 e. The maximum atomic E-state index is 10.6. The van der Waals surface area contributed by atoms with Crippen molar-refractivity contribution in [2.45, 2.75) is 6.04 Å². The van der Waals surface area contributed by atoms with Crippen molar-refractivity contribution in [2.24, 2.45) is 0 Å². The second-order valence-electron chi connectivity index (χ2n) is 1.77. The molecule has 64 valence electrons. The molecule has 0 heterocycles. The summed E-state index contributed by atoms with van der Waals surface area (Å²) in [5.74, 6) is -1.34. The quantitative estimate of drug-likeness (QED) is 0.475. The number of halogens is 1. The van der Waals surface area contributed by atoms with Gasteiger partial charge in [-0.25, -0.2) is 4.79 Å². The molecule has 4 nitrogen and oxygen atoms in total. The number of hydrogen-bond donors (Lipinski definition) is 3. The predicted octanol–water partition coefficient (Wildman–Crippen LogP) is -0.119. The fraction of sp³-hybridized carbons (Fsp3) is 0.600. The Balaban J connectivity index is 3.88. The van der Waals surface area contributed by atoms with E-state index >= 15 is 0 Å². The third-order valence-electron chi connectivity index (χ3n) is 0.937. The summed E-state index contributed by atoms with van der Waals surface area (Å²) < 4.78 is 0. The summed E-state index contributed by atoms with van der Waals surface area (Å²) in [5.41, 5.74) is 0. The first-order valence-corrected chi connectivity index (χ1v) is 4.56. The lowest BCUT2D eigenvalue weighted by Crippen LogP contribution is -2.42. The highest BCUT2D eigenvalue weighted by Crippen LogP contribution is 1.89. The number of hydrogen-bond acceptors (Lipinski definition) is 3. The first kappa shape index (κ1) is 10.8. The molecule has 0 aromatic rings. The van der Waals surface area contributed by atoms with Crippen molar-refractivity contribution in [3.05, 3.63) is 0 Å². The van der Waals surface area contributed by atoms with Gasteiger partial charge in [0.25, 0.3) is 0 Å². The smallest absolute Gasteiger partial charge is 0.327 e. The van der Waals surface area contributed by atoms with Crippen molar-refractivity contribution in [1.82, 2.24) is 5.32 Å². The average Bonchev–Trinajstić information content (AvgIpc) is 1.99. The van der Waals surface area contributed by atoms with Gasteiger partial charge in [-0.3, -0.25) is 4.79 Å². The predicted molar refractivity (Wildman–Crippen MR) is 47.2 cm³/mol. The maximum absolute atomic E-state index is 10.6. The summed E-state index contributed by atoms with van der Waals surface area (Å²) in [6.07, 6.45) is 0. The summed E-state index contributed by atoms with van der Waals surface area (Å²) in [6.45, 7) is 0. The van der Waals surface area contributed by atoms with E-state index in [0.717, 1.165) is 0 Å². The molecule has 0 fully saturated rings. The molecule has 1 amide bonds. The van der Waals surface area contributed by atoms with E-state index in [9.17, 15) is 9.59 Å². The molecule has 0 saturated carbocycles. The number of thiol groups is 1. The van der Waals surface area contributed by atoms with E-state index < -0.39 is 12.0 Å². The van der Waals surface area contributed by atoms with Gasteiger partial charge in [0.2, 0.25) is 5.91 Å². The van der Waals surface area contributed by atoms with Crippen LogP contribution in [0.25, 0.3) is 0 Å². The highest BCUT2D eigenvalue weighted by atomic mass is 79.9. The van der Waals surface area contributed by atoms with Crippen molar-refractivity contribution in [3.8, 4) is 0 Å². The van der Waals surface area contributed by atoms with Gasteiger partial charge in [-0.2, -0.15) is 12.6 Å². The Kier molecular flexibility index (Phi) is 5.31. The lowest BCUT2D eigenvalue weighted by Gasteiger charge is -2.09. The van der Waals surface area contributed by atoms with Crippen LogP contribution in [-0.4, -0.2) is 34.1 Å². The van der Waals surface area contributed by atoms with E-state index in [-0.39, 0.29) is 17.0 Å². The minimum absolute atomic E-state index is 0.0913. The maximum Gasteiger partial charge on any atom is 0.327 e. The average molecular weight is 242 g/mol. The lowest BCUT2D eigenvalue weighted by atomic mass is 10.3. The van der Waals surface area contributed by atoms with Crippen molar-refractivity contribution >= 4 is 40.4 Å². The van der Waals surface area contributed by atoms with Gasteiger partial charge in [0.1, 0.15) is 6.04 Å². The van der Waals surface area contributed by atoms with Crippen LogP contribution < -0.4 is 5.32 Å². The highest BCUT2D eigenvalue weighted by molar-refractivity contribution is 9.09. The van der Waals surface area contributed by atoms with Gasteiger partial charge in [-0.05, 0) is 0 Å². The van der Waals surface area contributed by atoms with Gasteiger partial charge in [-0.1, -0.05) is 15.9 Å². The van der Waals surface area contributed by atoms with Crippen molar-refractivity contribution in [3.63, 3.8) is 0 Å². The number of aliphatic carboxylic acids is 1. The molecule has 0 bridgehead atoms. The summed E-state index contributed by atoms with van der Waals surface area (Å²) >= 11 is 6.65. The lowest BCUT2D eigenvalue weighted by molar-refractivity contribution is -0.140. The first-order chi connectivity index (χ1) is 5.11. The molecule has 0 aliphatic carbocycles. The number of amides is 1. The fourth-order valence-corrected chi connectivity index (χ4v) is 0.828. The van der Waals surface area contributed by atoms with Gasteiger partial charge < -0.3 is 10.4 Å². The first-order valence-electron chi connectivity index (χ1n) is 2.80. The zero-order chi connectivity index (χ0) is 8.85. The number of rotatable bonds is 4. The zero-order valence-electron chi connectivity index (χ0n) is 5.58. The van der Waals surface area contributed by atoms with Crippen LogP contribution in [0.15, 0.2) is 0 Å². The van der Waals surface area contributed by atoms with Gasteiger partial charge in [0.05, 0.1) is 5.33 Å². The molecule has 0 spiro atoms. The second-order valence-corrected chi connectivity index (χ2v) is 2.70. The van der Waals surface area contributed by atoms with Crippen LogP contribution >= 0.6 is 28.6 Å². The Morgan fingerprint density at radius 2 is 2.18 bits per heavy atom. The van der Waals surface area contributed by atoms with Crippen LogP contribution in [0.5, 0.6) is 0 Å². The van der Waals surface area contributed by atoms with Crippen molar-refractivity contribution in [1.29, 1.82) is 0 Å². The van der Waals surface area contributed by atoms with E-state index in [2.05, 4.69) is 33.9 Å². The molecule has 0 aliphatic rings. The molecule has 1 unspecified atom stereocenters. The largest absolute Gasteiger partial charge is 0.480 e. The SMILES string of the molecule is O=C(CBr)NC(CS)C(=O)O. The van der Waals surface area contributed by atoms with Crippen LogP contribution in [-0.2, 0) is 9.59 Å². The summed E-state index contributed by atoms with van der Waals surface area (Å²) in [5, 5.41) is 10.8. The van der Waals surface area contributed by atoms with Crippen molar-refractivity contribution < 1.29 is 14.7 Å². The van der Waals surface area contributed by atoms with Crippen molar-refractivity contribution in [2.75, 3.05) is 11.1 Å². The number of alkyl halides is 1. The van der Waals surface area contributed by atoms with Gasteiger partial charge in [-0.15, -0.1) is 0 Å². The molecule has 2 N–H and O–H groups in total. The molecule has 6 heteroatoms. The Morgan fingerprint density at radius 3 is 2.45 bits per heavy atom. The number of carbonyl (C=O) groups is 2. The monoisotopic (exact) mass is 241 g/mol. The number of carbonyl (C=O) groups excluding carboxylic acids is 1. The molecule has 11 heavy (non-hydrogen) atoms. The third-order valence-corrected chi connectivity index (χ3v) is 1.81. The molecular formula is C5H8BrNO3S. The molecular weight excluding hydrogens is 234 g/mol. The van der Waals surface area contributed by atoms with E-state index in [4.69, 9.17) is 5.11 Å². The highest BCUT2D eigenvalue weighted by Gasteiger charge is 2.16. The Hall–Kier alpha value is -0.230. The van der Waals surface area contributed by atoms with Crippen LogP contribution in [0, 0.1) is 0 Å². The molecule has 0 aromatic heterocycles. The number of carboxylic acids is 1. The topological polar surface area (TPSA) is 66.4 Å². The van der Waals surface area contributed by atoms with E-state index in [1.165, 1.54) is 0 Å². The second kappa shape index (κ2) is 5.42. The molecule has 0 saturated heterocycles. The standard InChI is InChI=1S/C5H8BrNO3S/c6-1-4(8)7-3(2-11)5(9)10/h3,11H,1-2H2,(H,7,8)(H,9,10). The minimum atomic E-state index is -1.07. The Morgan fingerprint density at radius 1 is 1.64 bits per heavy atom. The molecule has 0 radical (unpaired) electrons. The third kappa shape index (κ3) is 4.26.